The molecule has 0 spiro atoms. The van der Waals surface area contributed by atoms with Gasteiger partial charge in [0.25, 0.3) is 0 Å². The summed E-state index contributed by atoms with van der Waals surface area (Å²) in [4.78, 5) is 21.6. The summed E-state index contributed by atoms with van der Waals surface area (Å²) in [5.41, 5.74) is 0. The van der Waals surface area contributed by atoms with Crippen molar-refractivity contribution in [1.82, 2.24) is 0 Å². The van der Waals surface area contributed by atoms with Gasteiger partial charge in [-0.05, 0) is 0 Å². The van der Waals surface area contributed by atoms with Crippen molar-refractivity contribution in [2.24, 2.45) is 0 Å². The van der Waals surface area contributed by atoms with Crippen LogP contribution in [0.15, 0.2) is 0 Å². The van der Waals surface area contributed by atoms with Crippen LogP contribution in [-0.2, 0) is 27.7 Å². The van der Waals surface area contributed by atoms with Gasteiger partial charge in [-0.25, -0.2) is 4.57 Å². The maximum atomic E-state index is 8.88. The zero-order chi connectivity index (χ0) is 6.50. The van der Waals surface area contributed by atoms with E-state index in [0.717, 1.165) is 0 Å². The first kappa shape index (κ1) is 15.8. The number of hydrogen-bond donors (Lipinski definition) is 3. The number of hydrogen-bond acceptors (Lipinski definition) is 2. The van der Waals surface area contributed by atoms with Crippen LogP contribution in [-0.4, -0.2) is 20.2 Å². The molecule has 0 amide bonds. The summed E-state index contributed by atoms with van der Waals surface area (Å²) in [6, 6.07) is 0. The summed E-state index contributed by atoms with van der Waals surface area (Å²) in [6.07, 6.45) is 0. The van der Waals surface area contributed by atoms with Crippen molar-refractivity contribution in [2.75, 3.05) is 0 Å². The van der Waals surface area contributed by atoms with Crippen molar-refractivity contribution in [3.63, 3.8) is 0 Å². The van der Waals surface area contributed by atoms with E-state index in [1.165, 1.54) is 0 Å². The standard InChI is InChI=1S/H3O4P.H2O.O.W/c1-5(2,3)4;;;/h(H3,1,2,3,4);1H2;;. The molecule has 8 heavy (non-hydrogen) atoms. The molecule has 0 aliphatic carbocycles. The molecule has 0 aliphatic rings. The second-order valence-electron chi connectivity index (χ2n) is 0.513. The van der Waals surface area contributed by atoms with E-state index in [-0.39, 0.29) is 5.48 Å². The molecule has 0 aromatic rings. The van der Waals surface area contributed by atoms with Gasteiger partial charge >= 0.3 is 31.0 Å². The third kappa shape index (κ3) is 650. The van der Waals surface area contributed by atoms with Gasteiger partial charge in [0.1, 0.15) is 0 Å². The second kappa shape index (κ2) is 7.56. The SMILES string of the molecule is O.O=P(O)(O)O.[O]=[W]. The molecule has 0 rings (SSSR count). The summed E-state index contributed by atoms with van der Waals surface area (Å²) < 4.78 is 17.2. The molecule has 0 aromatic carbocycles. The normalized spacial score (nSPS) is 7.88. The molecule has 8 heteroatoms. The molecule has 5 N–H and O–H groups in total. The monoisotopic (exact) mass is 316 g/mol. The molecule has 6 nitrogen and oxygen atoms in total. The average molecular weight is 316 g/mol. The van der Waals surface area contributed by atoms with E-state index in [1.54, 1.807) is 0 Å². The van der Waals surface area contributed by atoms with Crippen LogP contribution in [0, 0.1) is 0 Å². The van der Waals surface area contributed by atoms with Crippen molar-refractivity contribution in [2.45, 2.75) is 0 Å². The Balaban J connectivity index is -0.0000000750. The van der Waals surface area contributed by atoms with Gasteiger partial charge in [0, 0.05) is 0 Å². The third-order valence-electron chi connectivity index (χ3n) is 0. The molecule has 52 valence electrons. The molecule has 0 saturated heterocycles. The average Bonchev–Trinajstić information content (AvgIpc) is 1.36. The minimum absolute atomic E-state index is 0. The number of rotatable bonds is 0. The zero-order valence-electron chi connectivity index (χ0n) is 3.51. The first-order valence-corrected chi connectivity index (χ1v) is 3.71. The van der Waals surface area contributed by atoms with Crippen LogP contribution in [0.4, 0.5) is 0 Å². The summed E-state index contributed by atoms with van der Waals surface area (Å²) >= 11 is 0.333. The van der Waals surface area contributed by atoms with Gasteiger partial charge < -0.3 is 20.2 Å². The third-order valence-corrected chi connectivity index (χ3v) is 0. The summed E-state index contributed by atoms with van der Waals surface area (Å²) in [5, 5.41) is 0. The summed E-state index contributed by atoms with van der Waals surface area (Å²) in [5.74, 6) is 0. The topological polar surface area (TPSA) is 126 Å². The molecule has 0 fully saturated rings. The van der Waals surface area contributed by atoms with E-state index in [2.05, 4.69) is 0 Å². The van der Waals surface area contributed by atoms with Gasteiger partial charge in [0.15, 0.2) is 0 Å². The van der Waals surface area contributed by atoms with Crippen LogP contribution in [0.1, 0.15) is 0 Å². The molecule has 0 saturated carbocycles. The fraction of sp³-hybridized carbons (Fsp3) is 0. The Morgan fingerprint density at radius 2 is 1.12 bits per heavy atom. The molecule has 0 heterocycles. The maximum absolute atomic E-state index is 8.88. The predicted molar refractivity (Wildman–Crippen MR) is 18.6 cm³/mol. The molecular weight excluding hydrogens is 311 g/mol. The Kier molecular flexibility index (Phi) is 15.0. The molecule has 0 aliphatic heterocycles. The van der Waals surface area contributed by atoms with Crippen LogP contribution in [0.2, 0.25) is 0 Å². The van der Waals surface area contributed by atoms with E-state index >= 15 is 0 Å². The van der Waals surface area contributed by atoms with Crippen LogP contribution in [0.5, 0.6) is 0 Å². The van der Waals surface area contributed by atoms with Crippen molar-refractivity contribution >= 4 is 7.82 Å². The number of phosphoric acid groups is 1. The Morgan fingerprint density at radius 3 is 1.12 bits per heavy atom. The van der Waals surface area contributed by atoms with E-state index in [4.69, 9.17) is 22.6 Å². The molecular formula is H5O6PW. The first-order chi connectivity index (χ1) is 3.00. The first-order valence-electron chi connectivity index (χ1n) is 0.949. The molecule has 0 atom stereocenters. The van der Waals surface area contributed by atoms with Crippen molar-refractivity contribution < 1.29 is 47.9 Å². The van der Waals surface area contributed by atoms with E-state index in [1.807, 2.05) is 0 Å². The van der Waals surface area contributed by atoms with E-state index in [0.29, 0.717) is 19.8 Å². The van der Waals surface area contributed by atoms with Gasteiger partial charge in [-0.2, -0.15) is 0 Å². The fourth-order valence-electron chi connectivity index (χ4n) is 0. The van der Waals surface area contributed by atoms with Gasteiger partial charge in [-0.1, -0.05) is 0 Å². The van der Waals surface area contributed by atoms with Crippen LogP contribution >= 0.6 is 7.82 Å². The van der Waals surface area contributed by atoms with Crippen molar-refractivity contribution in [3.05, 3.63) is 0 Å². The van der Waals surface area contributed by atoms with Crippen LogP contribution in [0.3, 0.4) is 0 Å². The fourth-order valence-corrected chi connectivity index (χ4v) is 0. The van der Waals surface area contributed by atoms with E-state index in [9.17, 15) is 0 Å². The zero-order valence-corrected chi connectivity index (χ0v) is 7.34. The minimum atomic E-state index is -4.64. The summed E-state index contributed by atoms with van der Waals surface area (Å²) in [6.45, 7) is 0. The van der Waals surface area contributed by atoms with Gasteiger partial charge in [-0.15, -0.1) is 0 Å². The second-order valence-corrected chi connectivity index (χ2v) is 1.54. The quantitative estimate of drug-likeness (QED) is 0.451. The Hall–Kier alpha value is 0.558. The van der Waals surface area contributed by atoms with Gasteiger partial charge in [0.05, 0.1) is 0 Å². The molecule has 0 radical (unpaired) electrons. The Labute approximate surface area is 56.3 Å². The predicted octanol–water partition coefficient (Wildman–Crippen LogP) is -1.87. The van der Waals surface area contributed by atoms with Crippen molar-refractivity contribution in [1.29, 1.82) is 0 Å². The summed E-state index contributed by atoms with van der Waals surface area (Å²) in [7, 11) is -4.64. The molecule has 0 unspecified atom stereocenters. The molecule has 0 aromatic heterocycles. The van der Waals surface area contributed by atoms with Crippen molar-refractivity contribution in [3.8, 4) is 0 Å². The van der Waals surface area contributed by atoms with Gasteiger partial charge in [0.2, 0.25) is 0 Å². The molecule has 0 bridgehead atoms. The van der Waals surface area contributed by atoms with Gasteiger partial charge in [-0.3, -0.25) is 0 Å². The Morgan fingerprint density at radius 1 is 1.12 bits per heavy atom. The Bertz CT molecular complexity index is 64.3. The van der Waals surface area contributed by atoms with Crippen LogP contribution in [0.25, 0.3) is 0 Å². The van der Waals surface area contributed by atoms with Crippen LogP contribution < -0.4 is 0 Å². The van der Waals surface area contributed by atoms with E-state index < -0.39 is 7.82 Å².